The van der Waals surface area contributed by atoms with Crippen LogP contribution in [0.25, 0.3) is 16.7 Å². The molecule has 1 aromatic heterocycles. The van der Waals surface area contributed by atoms with E-state index in [0.717, 1.165) is 22.5 Å². The Balaban J connectivity index is 1.41. The van der Waals surface area contributed by atoms with Crippen LogP contribution in [0.3, 0.4) is 0 Å². The first-order valence-corrected chi connectivity index (χ1v) is 10.4. The fourth-order valence-electron chi connectivity index (χ4n) is 4.01. The Kier molecular flexibility index (Phi) is 4.97. The molecule has 33 heavy (non-hydrogen) atoms. The largest absolute Gasteiger partial charge is 0.322 e. The Morgan fingerprint density at radius 1 is 0.909 bits per heavy atom. The number of rotatable bonds is 4. The summed E-state index contributed by atoms with van der Waals surface area (Å²) in [7, 11) is 0. The van der Waals surface area contributed by atoms with E-state index in [1.54, 1.807) is 54.6 Å². The number of hydrogen-bond donors (Lipinski definition) is 1. The van der Waals surface area contributed by atoms with Crippen molar-refractivity contribution < 1.29 is 18.8 Å². The predicted octanol–water partition coefficient (Wildman–Crippen LogP) is 4.38. The van der Waals surface area contributed by atoms with E-state index in [1.165, 1.54) is 17.0 Å². The topological polar surface area (TPSA) is 84.3 Å². The van der Waals surface area contributed by atoms with Gasteiger partial charge in [-0.3, -0.25) is 23.9 Å². The van der Waals surface area contributed by atoms with Crippen molar-refractivity contribution in [1.29, 1.82) is 0 Å². The molecule has 2 heterocycles. The van der Waals surface area contributed by atoms with Crippen LogP contribution in [0, 0.1) is 12.7 Å². The van der Waals surface area contributed by atoms with Gasteiger partial charge >= 0.3 is 0 Å². The third-order valence-corrected chi connectivity index (χ3v) is 5.60. The summed E-state index contributed by atoms with van der Waals surface area (Å²) in [5.74, 6) is -0.375. The van der Waals surface area contributed by atoms with Crippen molar-refractivity contribution in [3.05, 3.63) is 83.9 Å². The highest BCUT2D eigenvalue weighted by Crippen LogP contribution is 2.26. The second-order valence-electron chi connectivity index (χ2n) is 7.80. The zero-order valence-electron chi connectivity index (χ0n) is 17.7. The number of carbonyl (C=O) groups is 3. The fourth-order valence-corrected chi connectivity index (χ4v) is 4.01. The first-order chi connectivity index (χ1) is 15.9. The number of nitrogens with zero attached hydrogens (tertiary/aromatic N) is 3. The van der Waals surface area contributed by atoms with Crippen molar-refractivity contribution in [1.82, 2.24) is 9.55 Å². The number of carbonyl (C=O) groups excluding carboxylic acids is 3. The maximum absolute atomic E-state index is 13.4. The molecule has 3 amide bonds. The number of halogens is 1. The highest BCUT2D eigenvalue weighted by atomic mass is 19.1. The molecule has 5 rings (SSSR count). The van der Waals surface area contributed by atoms with Gasteiger partial charge in [0.05, 0.1) is 16.7 Å². The molecular weight excluding hydrogens is 423 g/mol. The van der Waals surface area contributed by atoms with E-state index in [1.807, 2.05) is 11.5 Å². The molecule has 1 aliphatic rings. The summed E-state index contributed by atoms with van der Waals surface area (Å²) >= 11 is 0. The van der Waals surface area contributed by atoms with E-state index >= 15 is 0 Å². The fraction of sp³-hybridized carbons (Fsp3) is 0.120. The smallest absolute Gasteiger partial charge is 0.255 e. The lowest BCUT2D eigenvalue weighted by Crippen LogP contribution is -2.28. The number of aryl methyl sites for hydroxylation is 1. The number of imidazole rings is 1. The molecule has 1 fully saturated rings. The SMILES string of the molecule is Cc1nc2ccc(C(=O)Nc3ccc(N4C(=O)CCC4=O)cc3)cc2n1-c1ccc(F)cc1. The van der Waals surface area contributed by atoms with Crippen molar-refractivity contribution in [3.63, 3.8) is 0 Å². The van der Waals surface area contributed by atoms with Crippen LogP contribution in [0.2, 0.25) is 0 Å². The van der Waals surface area contributed by atoms with Crippen LogP contribution < -0.4 is 10.2 Å². The molecule has 1 aliphatic heterocycles. The van der Waals surface area contributed by atoms with Crippen LogP contribution in [-0.2, 0) is 9.59 Å². The third kappa shape index (κ3) is 3.76. The maximum Gasteiger partial charge on any atom is 0.255 e. The summed E-state index contributed by atoms with van der Waals surface area (Å²) in [6.45, 7) is 1.85. The van der Waals surface area contributed by atoms with Gasteiger partial charge in [0.25, 0.3) is 5.91 Å². The van der Waals surface area contributed by atoms with Gasteiger partial charge in [0.15, 0.2) is 0 Å². The van der Waals surface area contributed by atoms with Crippen molar-refractivity contribution in [2.75, 3.05) is 10.2 Å². The van der Waals surface area contributed by atoms with E-state index in [9.17, 15) is 18.8 Å². The molecule has 3 aromatic carbocycles. The third-order valence-electron chi connectivity index (χ3n) is 5.60. The first kappa shape index (κ1) is 20.6. The minimum atomic E-state index is -0.328. The molecular formula is C25H19FN4O3. The summed E-state index contributed by atoms with van der Waals surface area (Å²) in [5, 5.41) is 2.83. The highest BCUT2D eigenvalue weighted by Gasteiger charge is 2.30. The summed E-state index contributed by atoms with van der Waals surface area (Å²) in [6, 6.07) is 17.8. The van der Waals surface area contributed by atoms with Crippen LogP contribution in [0.5, 0.6) is 0 Å². The Hall–Kier alpha value is -4.33. The quantitative estimate of drug-likeness (QED) is 0.476. The zero-order valence-corrected chi connectivity index (χ0v) is 17.7. The molecule has 1 saturated heterocycles. The average molecular weight is 442 g/mol. The lowest BCUT2D eigenvalue weighted by atomic mass is 10.1. The van der Waals surface area contributed by atoms with E-state index in [0.29, 0.717) is 16.9 Å². The molecule has 0 atom stereocenters. The van der Waals surface area contributed by atoms with Gasteiger partial charge in [0.1, 0.15) is 11.6 Å². The molecule has 0 spiro atoms. The van der Waals surface area contributed by atoms with Crippen LogP contribution in [0.4, 0.5) is 15.8 Å². The molecule has 4 aromatic rings. The Bertz CT molecular complexity index is 1390. The van der Waals surface area contributed by atoms with Crippen LogP contribution >= 0.6 is 0 Å². The van der Waals surface area contributed by atoms with Crippen LogP contribution in [-0.4, -0.2) is 27.3 Å². The lowest BCUT2D eigenvalue weighted by Gasteiger charge is -2.14. The number of hydrogen-bond acceptors (Lipinski definition) is 4. The monoisotopic (exact) mass is 442 g/mol. The van der Waals surface area contributed by atoms with Gasteiger partial charge in [-0.05, 0) is 73.7 Å². The number of aromatic nitrogens is 2. The molecule has 0 radical (unpaired) electrons. The van der Waals surface area contributed by atoms with Crippen LogP contribution in [0.15, 0.2) is 66.7 Å². The van der Waals surface area contributed by atoms with E-state index in [4.69, 9.17) is 0 Å². The number of nitrogens with one attached hydrogen (secondary N) is 1. The molecule has 0 aliphatic carbocycles. The molecule has 0 bridgehead atoms. The molecule has 8 heteroatoms. The molecule has 0 saturated carbocycles. The molecule has 7 nitrogen and oxygen atoms in total. The Labute approximate surface area is 188 Å². The van der Waals surface area contributed by atoms with Crippen molar-refractivity contribution in [2.24, 2.45) is 0 Å². The van der Waals surface area contributed by atoms with Gasteiger partial charge in [-0.2, -0.15) is 0 Å². The van der Waals surface area contributed by atoms with Gasteiger partial charge in [0.2, 0.25) is 11.8 Å². The zero-order chi connectivity index (χ0) is 23.1. The van der Waals surface area contributed by atoms with Crippen molar-refractivity contribution in [3.8, 4) is 5.69 Å². The maximum atomic E-state index is 13.4. The van der Waals surface area contributed by atoms with Gasteiger partial charge in [-0.1, -0.05) is 0 Å². The van der Waals surface area contributed by atoms with Gasteiger partial charge < -0.3 is 5.32 Å². The summed E-state index contributed by atoms with van der Waals surface area (Å²) in [4.78, 5) is 42.4. The number of fused-ring (bicyclic) bond motifs is 1. The van der Waals surface area contributed by atoms with Gasteiger partial charge in [-0.25, -0.2) is 9.37 Å². The normalized spacial score (nSPS) is 13.7. The van der Waals surface area contributed by atoms with Crippen LogP contribution in [0.1, 0.15) is 29.0 Å². The Morgan fingerprint density at radius 2 is 1.55 bits per heavy atom. The lowest BCUT2D eigenvalue weighted by molar-refractivity contribution is -0.121. The molecule has 1 N–H and O–H groups in total. The number of imide groups is 1. The van der Waals surface area contributed by atoms with Crippen molar-refractivity contribution >= 4 is 40.1 Å². The van der Waals surface area contributed by atoms with E-state index in [2.05, 4.69) is 10.3 Å². The molecule has 0 unspecified atom stereocenters. The van der Waals surface area contributed by atoms with E-state index < -0.39 is 0 Å². The number of anilines is 2. The van der Waals surface area contributed by atoms with Gasteiger partial charge in [0, 0.05) is 29.8 Å². The second kappa shape index (κ2) is 7.98. The number of benzene rings is 3. The second-order valence-corrected chi connectivity index (χ2v) is 7.80. The minimum absolute atomic E-state index is 0.216. The Morgan fingerprint density at radius 3 is 2.21 bits per heavy atom. The summed E-state index contributed by atoms with van der Waals surface area (Å²) in [6.07, 6.45) is 0.432. The highest BCUT2D eigenvalue weighted by molar-refractivity contribution is 6.19. The van der Waals surface area contributed by atoms with Gasteiger partial charge in [-0.15, -0.1) is 0 Å². The number of amides is 3. The summed E-state index contributed by atoms with van der Waals surface area (Å²) < 4.78 is 15.2. The first-order valence-electron chi connectivity index (χ1n) is 10.4. The van der Waals surface area contributed by atoms with Crippen molar-refractivity contribution in [2.45, 2.75) is 19.8 Å². The summed E-state index contributed by atoms with van der Waals surface area (Å²) in [5.41, 5.74) is 3.65. The minimum Gasteiger partial charge on any atom is -0.322 e. The standard InChI is InChI=1S/C25H19FN4O3/c1-15-27-21-11-2-16(14-22(21)29(15)19-7-3-17(26)4-8-19)25(33)28-18-5-9-20(10-6-18)30-23(31)12-13-24(30)32/h2-11,14H,12-13H2,1H3,(H,28,33). The molecule has 164 valence electrons. The average Bonchev–Trinajstić information content (AvgIpc) is 3.32. The predicted molar refractivity (Wildman–Crippen MR) is 122 cm³/mol. The van der Waals surface area contributed by atoms with E-state index in [-0.39, 0.29) is 36.4 Å².